The van der Waals surface area contributed by atoms with Gasteiger partial charge in [-0.15, -0.1) is 0 Å². The third-order valence-corrected chi connectivity index (χ3v) is 7.33. The van der Waals surface area contributed by atoms with Gasteiger partial charge in [-0.1, -0.05) is 57.2 Å². The maximum atomic E-state index is 13.2. The van der Waals surface area contributed by atoms with Gasteiger partial charge >= 0.3 is 6.03 Å². The molecular weight excluding hydrogens is 514 g/mol. The van der Waals surface area contributed by atoms with Crippen molar-refractivity contribution in [3.05, 3.63) is 83.7 Å². The summed E-state index contributed by atoms with van der Waals surface area (Å²) in [6, 6.07) is 21.5. The van der Waals surface area contributed by atoms with Crippen LogP contribution in [0.2, 0.25) is 0 Å². The summed E-state index contributed by atoms with van der Waals surface area (Å²) in [7, 11) is 1.49. The summed E-state index contributed by atoms with van der Waals surface area (Å²) in [6.45, 7) is 10.3. The average molecular weight is 550 g/mol. The molecule has 8 heteroatoms. The highest BCUT2D eigenvalue weighted by molar-refractivity contribution is 6.10. The van der Waals surface area contributed by atoms with E-state index in [4.69, 9.17) is 14.5 Å². The number of fused-ring (bicyclic) bond motifs is 1. The Morgan fingerprint density at radius 2 is 1.76 bits per heavy atom. The fraction of sp³-hybridized carbons (Fsp3) is 0.303. The molecule has 2 amide bonds. The van der Waals surface area contributed by atoms with Gasteiger partial charge in [0.15, 0.2) is 5.75 Å². The van der Waals surface area contributed by atoms with E-state index in [9.17, 15) is 10.1 Å². The quantitative estimate of drug-likeness (QED) is 0.283. The number of ether oxygens (including phenoxy) is 2. The Balaban J connectivity index is 1.39. The van der Waals surface area contributed by atoms with Crippen LogP contribution in [-0.4, -0.2) is 49.3 Å². The van der Waals surface area contributed by atoms with E-state index in [1.807, 2.05) is 48.7 Å². The lowest BCUT2D eigenvalue weighted by molar-refractivity contribution is 0.0336. The van der Waals surface area contributed by atoms with Crippen molar-refractivity contribution in [3.8, 4) is 22.9 Å². The molecule has 3 aromatic carbocycles. The average Bonchev–Trinajstić information content (AvgIpc) is 2.97. The van der Waals surface area contributed by atoms with Gasteiger partial charge in [-0.3, -0.25) is 9.88 Å². The molecule has 4 aromatic rings. The number of carbonyl (C=O) groups excluding carboxylic acids is 1. The Morgan fingerprint density at radius 1 is 1.02 bits per heavy atom. The predicted octanol–water partition coefficient (Wildman–Crippen LogP) is 6.56. The molecule has 0 unspecified atom stereocenters. The van der Waals surface area contributed by atoms with Gasteiger partial charge in [0.2, 0.25) is 0 Å². The number of hydrogen-bond donors (Lipinski definition) is 2. The topological polar surface area (TPSA) is 99.5 Å². The SMILES string of the molecule is COc1c(C#N)cc(C(C)(C)C)cc1NC(=O)Nc1ccc(-c2ccc(CN3CCOCC3)nc2)c2ccccc12. The molecule has 210 valence electrons. The third-order valence-electron chi connectivity index (χ3n) is 7.33. The minimum absolute atomic E-state index is 0.216. The number of urea groups is 1. The Labute approximate surface area is 240 Å². The van der Waals surface area contributed by atoms with Crippen LogP contribution in [0.4, 0.5) is 16.2 Å². The molecule has 2 N–H and O–H groups in total. The summed E-state index contributed by atoms with van der Waals surface area (Å²) in [4.78, 5) is 20.3. The molecule has 1 aliphatic rings. The molecule has 1 fully saturated rings. The van der Waals surface area contributed by atoms with Gasteiger partial charge in [0, 0.05) is 36.8 Å². The molecule has 1 saturated heterocycles. The number of nitriles is 1. The zero-order valence-corrected chi connectivity index (χ0v) is 24.0. The smallest absolute Gasteiger partial charge is 0.323 e. The van der Waals surface area contributed by atoms with Crippen molar-refractivity contribution in [2.45, 2.75) is 32.7 Å². The first-order chi connectivity index (χ1) is 19.8. The molecule has 1 aromatic heterocycles. The van der Waals surface area contributed by atoms with Crippen molar-refractivity contribution >= 4 is 28.2 Å². The van der Waals surface area contributed by atoms with Crippen LogP contribution in [0.15, 0.2) is 66.9 Å². The van der Waals surface area contributed by atoms with E-state index < -0.39 is 6.03 Å². The number of amides is 2. The summed E-state index contributed by atoms with van der Waals surface area (Å²) >= 11 is 0. The Morgan fingerprint density at radius 3 is 2.41 bits per heavy atom. The second-order valence-electron chi connectivity index (χ2n) is 11.2. The minimum Gasteiger partial charge on any atom is -0.493 e. The minimum atomic E-state index is -0.426. The lowest BCUT2D eigenvalue weighted by Crippen LogP contribution is -2.35. The van der Waals surface area contributed by atoms with Crippen molar-refractivity contribution in [1.29, 1.82) is 5.26 Å². The van der Waals surface area contributed by atoms with Crippen LogP contribution < -0.4 is 15.4 Å². The van der Waals surface area contributed by atoms with Crippen molar-refractivity contribution in [1.82, 2.24) is 9.88 Å². The van der Waals surface area contributed by atoms with Crippen LogP contribution in [0.3, 0.4) is 0 Å². The fourth-order valence-electron chi connectivity index (χ4n) is 5.06. The van der Waals surface area contributed by atoms with Crippen LogP contribution in [-0.2, 0) is 16.7 Å². The summed E-state index contributed by atoms with van der Waals surface area (Å²) in [6.07, 6.45) is 1.92. The van der Waals surface area contributed by atoms with E-state index in [-0.39, 0.29) is 5.41 Å². The maximum Gasteiger partial charge on any atom is 0.323 e. The lowest BCUT2D eigenvalue weighted by Gasteiger charge is -2.26. The van der Waals surface area contributed by atoms with Crippen LogP contribution >= 0.6 is 0 Å². The normalized spacial score (nSPS) is 13.9. The van der Waals surface area contributed by atoms with Crippen molar-refractivity contribution in [2.24, 2.45) is 0 Å². The standard InChI is InChI=1S/C33H35N5O3/c1-33(2,3)24-17-23(19-34)31(40-4)30(18-24)37-32(39)36-29-12-11-26(27-7-5-6-8-28(27)29)22-9-10-25(35-20-22)21-38-13-15-41-16-14-38/h5-12,17-18,20H,13-16,21H2,1-4H3,(H2,36,37,39). The van der Waals surface area contributed by atoms with E-state index in [1.54, 1.807) is 6.07 Å². The first kappa shape index (κ1) is 28.1. The third kappa shape index (κ3) is 6.32. The highest BCUT2D eigenvalue weighted by atomic mass is 16.5. The molecular formula is C33H35N5O3. The number of anilines is 2. The number of methoxy groups -OCH3 is 1. The number of carbonyl (C=O) groups is 1. The largest absolute Gasteiger partial charge is 0.493 e. The Hall–Kier alpha value is -4.45. The van der Waals surface area contributed by atoms with Gasteiger partial charge in [-0.05, 0) is 46.2 Å². The molecule has 1 aliphatic heterocycles. The molecule has 0 radical (unpaired) electrons. The number of nitrogens with one attached hydrogen (secondary N) is 2. The first-order valence-corrected chi connectivity index (χ1v) is 13.7. The van der Waals surface area contributed by atoms with E-state index >= 15 is 0 Å². The van der Waals surface area contributed by atoms with Crippen molar-refractivity contribution in [3.63, 3.8) is 0 Å². The summed E-state index contributed by atoms with van der Waals surface area (Å²) in [5, 5.41) is 17.5. The zero-order valence-electron chi connectivity index (χ0n) is 24.0. The number of pyridine rings is 1. The molecule has 0 atom stereocenters. The lowest BCUT2D eigenvalue weighted by atomic mass is 9.85. The van der Waals surface area contributed by atoms with E-state index in [1.165, 1.54) is 7.11 Å². The van der Waals surface area contributed by atoms with Crippen LogP contribution in [0, 0.1) is 11.3 Å². The second-order valence-corrected chi connectivity index (χ2v) is 11.2. The van der Waals surface area contributed by atoms with Crippen LogP contribution in [0.5, 0.6) is 5.75 Å². The van der Waals surface area contributed by atoms with Crippen molar-refractivity contribution < 1.29 is 14.3 Å². The molecule has 0 spiro atoms. The summed E-state index contributed by atoms with van der Waals surface area (Å²) in [5.74, 6) is 0.334. The number of rotatable bonds is 6. The molecule has 0 aliphatic carbocycles. The molecule has 0 saturated carbocycles. The molecule has 8 nitrogen and oxygen atoms in total. The van der Waals surface area contributed by atoms with Crippen molar-refractivity contribution in [2.75, 3.05) is 44.0 Å². The van der Waals surface area contributed by atoms with Gasteiger partial charge in [0.1, 0.15) is 6.07 Å². The molecule has 0 bridgehead atoms. The van der Waals surface area contributed by atoms with Gasteiger partial charge in [0.05, 0.1) is 43.0 Å². The Bertz CT molecular complexity index is 1600. The van der Waals surface area contributed by atoms with Gasteiger partial charge < -0.3 is 20.1 Å². The molecule has 5 rings (SSSR count). The van der Waals surface area contributed by atoms with Crippen LogP contribution in [0.1, 0.15) is 37.6 Å². The maximum absolute atomic E-state index is 13.2. The first-order valence-electron chi connectivity index (χ1n) is 13.7. The molecule has 41 heavy (non-hydrogen) atoms. The molecule has 2 heterocycles. The number of benzene rings is 3. The van der Waals surface area contributed by atoms with Gasteiger partial charge in [-0.25, -0.2) is 4.79 Å². The summed E-state index contributed by atoms with van der Waals surface area (Å²) < 4.78 is 10.9. The number of hydrogen-bond acceptors (Lipinski definition) is 6. The Kier molecular flexibility index (Phi) is 8.20. The van der Waals surface area contributed by atoms with E-state index in [0.29, 0.717) is 22.7 Å². The number of aromatic nitrogens is 1. The predicted molar refractivity (Wildman–Crippen MR) is 162 cm³/mol. The number of nitrogens with zero attached hydrogens (tertiary/aromatic N) is 3. The van der Waals surface area contributed by atoms with Gasteiger partial charge in [0.25, 0.3) is 0 Å². The monoisotopic (exact) mass is 549 g/mol. The number of morpholine rings is 1. The summed E-state index contributed by atoms with van der Waals surface area (Å²) in [5.41, 5.74) is 5.26. The highest BCUT2D eigenvalue weighted by Crippen LogP contribution is 2.36. The highest BCUT2D eigenvalue weighted by Gasteiger charge is 2.21. The second kappa shape index (κ2) is 12.0. The van der Waals surface area contributed by atoms with Crippen LogP contribution in [0.25, 0.3) is 21.9 Å². The van der Waals surface area contributed by atoms with Gasteiger partial charge in [-0.2, -0.15) is 5.26 Å². The van der Waals surface area contributed by atoms with E-state index in [0.717, 1.165) is 66.0 Å². The van der Waals surface area contributed by atoms with E-state index in [2.05, 4.69) is 54.5 Å². The fourth-order valence-corrected chi connectivity index (χ4v) is 5.06. The zero-order chi connectivity index (χ0) is 29.0.